The van der Waals surface area contributed by atoms with Gasteiger partial charge in [0.05, 0.1) is 0 Å². The van der Waals surface area contributed by atoms with Gasteiger partial charge in [0.1, 0.15) is 5.78 Å². The fraction of sp³-hybridized carbons (Fsp3) is 0.833. The highest BCUT2D eigenvalue weighted by atomic mass is 31.2. The minimum atomic E-state index is -3.15. The molecule has 0 radical (unpaired) electrons. The Morgan fingerprint density at radius 1 is 1.50 bits per heavy atom. The average molecular weight is 195 g/mol. The van der Waals surface area contributed by atoms with E-state index in [1.165, 1.54) is 14.2 Å². The molecule has 1 unspecified atom stereocenters. The Morgan fingerprint density at radius 2 is 2.00 bits per heavy atom. The quantitative estimate of drug-likeness (QED) is 0.506. The van der Waals surface area contributed by atoms with Crippen molar-refractivity contribution in [2.45, 2.75) is 19.1 Å². The van der Waals surface area contributed by atoms with Crippen LogP contribution in [-0.2, 0) is 18.4 Å². The molecule has 1 amide bonds. The van der Waals surface area contributed by atoms with Gasteiger partial charge in [-0.05, 0) is 6.42 Å². The second kappa shape index (κ2) is 5.30. The summed E-state index contributed by atoms with van der Waals surface area (Å²) in [5.41, 5.74) is 0. The highest BCUT2D eigenvalue weighted by molar-refractivity contribution is 7.54. The summed E-state index contributed by atoms with van der Waals surface area (Å²) in [6.45, 7) is 1.78. The number of rotatable bonds is 6. The SMILES string of the molecule is CCC(NC=O)P(=O)(OC)OC. The first kappa shape index (κ1) is 11.6. The van der Waals surface area contributed by atoms with Gasteiger partial charge < -0.3 is 14.4 Å². The first-order valence-electron chi connectivity index (χ1n) is 3.55. The van der Waals surface area contributed by atoms with Gasteiger partial charge in [-0.2, -0.15) is 0 Å². The molecule has 6 heteroatoms. The van der Waals surface area contributed by atoms with Gasteiger partial charge in [-0.1, -0.05) is 6.92 Å². The van der Waals surface area contributed by atoms with Crippen molar-refractivity contribution in [1.82, 2.24) is 5.32 Å². The van der Waals surface area contributed by atoms with Crippen LogP contribution in [0.2, 0.25) is 0 Å². The van der Waals surface area contributed by atoms with Gasteiger partial charge in [0, 0.05) is 14.2 Å². The minimum Gasteiger partial charge on any atom is -0.345 e. The predicted octanol–water partition coefficient (Wildman–Crippen LogP) is 0.954. The lowest BCUT2D eigenvalue weighted by atomic mass is 10.5. The second-order valence-corrected chi connectivity index (χ2v) is 4.55. The molecule has 5 nitrogen and oxygen atoms in total. The fourth-order valence-electron chi connectivity index (χ4n) is 0.840. The van der Waals surface area contributed by atoms with E-state index in [1.807, 2.05) is 0 Å². The zero-order valence-corrected chi connectivity index (χ0v) is 8.34. The van der Waals surface area contributed by atoms with E-state index in [4.69, 9.17) is 9.05 Å². The summed E-state index contributed by atoms with van der Waals surface area (Å²) >= 11 is 0. The van der Waals surface area contributed by atoms with Crippen LogP contribution in [0, 0.1) is 0 Å². The van der Waals surface area contributed by atoms with Gasteiger partial charge in [0.25, 0.3) is 0 Å². The maximum Gasteiger partial charge on any atom is 0.352 e. The summed E-state index contributed by atoms with van der Waals surface area (Å²) in [4.78, 5) is 10.1. The first-order valence-corrected chi connectivity index (χ1v) is 5.16. The zero-order chi connectivity index (χ0) is 9.61. The van der Waals surface area contributed by atoms with E-state index in [2.05, 4.69) is 5.32 Å². The molecule has 0 spiro atoms. The van der Waals surface area contributed by atoms with Crippen LogP contribution in [0.4, 0.5) is 0 Å². The number of hydrogen-bond donors (Lipinski definition) is 1. The number of carbonyl (C=O) groups excluding carboxylic acids is 1. The van der Waals surface area contributed by atoms with Crippen molar-refractivity contribution in [2.75, 3.05) is 14.2 Å². The smallest absolute Gasteiger partial charge is 0.345 e. The molecular formula is C6H14NO4P. The Labute approximate surface area is 72.0 Å². The Hall–Kier alpha value is -0.380. The fourth-order valence-corrected chi connectivity index (χ4v) is 2.19. The standard InChI is InChI=1S/C6H14NO4P/c1-4-6(7-5-8)12(9,10-2)11-3/h5-6H,4H2,1-3H3,(H,7,8). The Bertz CT molecular complexity index is 176. The normalized spacial score (nSPS) is 13.9. The van der Waals surface area contributed by atoms with Crippen LogP contribution >= 0.6 is 7.60 Å². The van der Waals surface area contributed by atoms with E-state index in [9.17, 15) is 9.36 Å². The van der Waals surface area contributed by atoms with Crippen molar-refractivity contribution in [3.05, 3.63) is 0 Å². The van der Waals surface area contributed by atoms with E-state index in [1.54, 1.807) is 6.92 Å². The third kappa shape index (κ3) is 2.59. The van der Waals surface area contributed by atoms with Crippen molar-refractivity contribution in [1.29, 1.82) is 0 Å². The molecule has 1 N–H and O–H groups in total. The lowest BCUT2D eigenvalue weighted by Gasteiger charge is -2.21. The number of carbonyl (C=O) groups is 1. The predicted molar refractivity (Wildman–Crippen MR) is 44.9 cm³/mol. The zero-order valence-electron chi connectivity index (χ0n) is 7.44. The molecule has 0 aromatic heterocycles. The van der Waals surface area contributed by atoms with Gasteiger partial charge in [-0.15, -0.1) is 0 Å². The van der Waals surface area contributed by atoms with E-state index < -0.39 is 13.4 Å². The van der Waals surface area contributed by atoms with Crippen molar-refractivity contribution in [3.63, 3.8) is 0 Å². The van der Waals surface area contributed by atoms with E-state index >= 15 is 0 Å². The molecule has 0 saturated carbocycles. The molecule has 0 aromatic rings. The van der Waals surface area contributed by atoms with Gasteiger partial charge in [-0.25, -0.2) is 0 Å². The second-order valence-electron chi connectivity index (χ2n) is 2.11. The summed E-state index contributed by atoms with van der Waals surface area (Å²) < 4.78 is 21.0. The largest absolute Gasteiger partial charge is 0.352 e. The monoisotopic (exact) mass is 195 g/mol. The molecule has 0 saturated heterocycles. The van der Waals surface area contributed by atoms with Crippen molar-refractivity contribution in [3.8, 4) is 0 Å². The molecule has 0 aliphatic rings. The molecule has 1 atom stereocenters. The molecule has 0 rings (SSSR count). The van der Waals surface area contributed by atoms with Gasteiger partial charge in [-0.3, -0.25) is 9.36 Å². The molecule has 0 aromatic carbocycles. The molecule has 72 valence electrons. The van der Waals surface area contributed by atoms with E-state index in [0.29, 0.717) is 12.8 Å². The minimum absolute atomic E-state index is 0.485. The van der Waals surface area contributed by atoms with Crippen LogP contribution < -0.4 is 5.32 Å². The number of nitrogens with one attached hydrogen (secondary N) is 1. The van der Waals surface area contributed by atoms with Crippen LogP contribution in [0.15, 0.2) is 0 Å². The Morgan fingerprint density at radius 3 is 2.25 bits per heavy atom. The van der Waals surface area contributed by atoms with Gasteiger partial charge in [0.15, 0.2) is 0 Å². The van der Waals surface area contributed by atoms with E-state index in [0.717, 1.165) is 0 Å². The summed E-state index contributed by atoms with van der Waals surface area (Å²) in [6, 6.07) is 0. The lowest BCUT2D eigenvalue weighted by Crippen LogP contribution is -2.28. The maximum absolute atomic E-state index is 11.6. The van der Waals surface area contributed by atoms with Crippen LogP contribution in [0.3, 0.4) is 0 Å². The average Bonchev–Trinajstić information content (AvgIpc) is 2.13. The lowest BCUT2D eigenvalue weighted by molar-refractivity contribution is -0.109. The number of hydrogen-bond acceptors (Lipinski definition) is 4. The Balaban J connectivity index is 4.43. The summed E-state index contributed by atoms with van der Waals surface area (Å²) in [6.07, 6.45) is 0.983. The van der Waals surface area contributed by atoms with Crippen molar-refractivity contribution in [2.24, 2.45) is 0 Å². The summed E-state index contributed by atoms with van der Waals surface area (Å²) in [5, 5.41) is 2.38. The van der Waals surface area contributed by atoms with Crippen LogP contribution in [-0.4, -0.2) is 26.4 Å². The third-order valence-corrected chi connectivity index (χ3v) is 3.83. The van der Waals surface area contributed by atoms with Gasteiger partial charge >= 0.3 is 7.60 Å². The topological polar surface area (TPSA) is 64.6 Å². The van der Waals surface area contributed by atoms with Gasteiger partial charge in [0.2, 0.25) is 6.41 Å². The molecule has 12 heavy (non-hydrogen) atoms. The summed E-state index contributed by atoms with van der Waals surface area (Å²) in [7, 11) is -0.568. The number of amides is 1. The maximum atomic E-state index is 11.6. The molecule has 0 aliphatic heterocycles. The van der Waals surface area contributed by atoms with E-state index in [-0.39, 0.29) is 0 Å². The molecule has 0 heterocycles. The molecule has 0 fully saturated rings. The van der Waals surface area contributed by atoms with Crippen LogP contribution in [0.1, 0.15) is 13.3 Å². The molecule has 0 bridgehead atoms. The third-order valence-electron chi connectivity index (χ3n) is 1.54. The molecular weight excluding hydrogens is 181 g/mol. The molecule has 0 aliphatic carbocycles. The highest BCUT2D eigenvalue weighted by Gasteiger charge is 2.31. The first-order chi connectivity index (χ1) is 5.64. The van der Waals surface area contributed by atoms with Crippen LogP contribution in [0.25, 0.3) is 0 Å². The Kier molecular flexibility index (Phi) is 5.13. The van der Waals surface area contributed by atoms with Crippen molar-refractivity contribution < 1.29 is 18.4 Å². The van der Waals surface area contributed by atoms with Crippen molar-refractivity contribution >= 4 is 14.0 Å². The summed E-state index contributed by atoms with van der Waals surface area (Å²) in [5.74, 6) is -0.565. The highest BCUT2D eigenvalue weighted by Crippen LogP contribution is 2.51. The van der Waals surface area contributed by atoms with Crippen LogP contribution in [0.5, 0.6) is 0 Å².